The lowest BCUT2D eigenvalue weighted by Crippen LogP contribution is -1.99. The number of allylic oxidation sites excluding steroid dienone is 2. The summed E-state index contributed by atoms with van der Waals surface area (Å²) in [6, 6.07) is 22.2. The molecule has 3 aromatic carbocycles. The highest BCUT2D eigenvalue weighted by Gasteiger charge is 2.13. The van der Waals surface area contributed by atoms with E-state index < -0.39 is 6.17 Å². The van der Waals surface area contributed by atoms with Gasteiger partial charge in [-0.3, -0.25) is 0 Å². The van der Waals surface area contributed by atoms with E-state index in [4.69, 9.17) is 0 Å². The van der Waals surface area contributed by atoms with E-state index >= 15 is 0 Å². The number of aryl methyl sites for hydroxylation is 1. The topological polar surface area (TPSA) is 0 Å². The van der Waals surface area contributed by atoms with Gasteiger partial charge in [0.15, 0.2) is 0 Å². The van der Waals surface area contributed by atoms with Crippen LogP contribution in [0, 0.1) is 5.82 Å². The fourth-order valence-electron chi connectivity index (χ4n) is 3.21. The molecule has 0 bridgehead atoms. The maximum atomic E-state index is 14.4. The van der Waals surface area contributed by atoms with Crippen LogP contribution in [0.15, 0.2) is 84.9 Å². The first kappa shape index (κ1) is 20.7. The molecule has 0 fully saturated rings. The van der Waals surface area contributed by atoms with Crippen LogP contribution in [0.5, 0.6) is 0 Å². The maximum Gasteiger partial charge on any atom is 0.129 e. The number of hydrogen-bond acceptors (Lipinski definition) is 0. The normalized spacial score (nSPS) is 12.7. The van der Waals surface area contributed by atoms with Crippen LogP contribution in [-0.4, -0.2) is 0 Å². The molecule has 148 valence electrons. The van der Waals surface area contributed by atoms with Gasteiger partial charge in [-0.1, -0.05) is 91.0 Å². The van der Waals surface area contributed by atoms with Gasteiger partial charge in [-0.15, -0.1) is 0 Å². The highest BCUT2D eigenvalue weighted by Crippen LogP contribution is 2.24. The van der Waals surface area contributed by atoms with Crippen LogP contribution in [-0.2, 0) is 12.8 Å². The molecular formula is C27H26F2. The number of rotatable bonds is 8. The van der Waals surface area contributed by atoms with Crippen LogP contribution < -0.4 is 0 Å². The number of alkyl halides is 1. The second-order valence-electron chi connectivity index (χ2n) is 7.12. The fourth-order valence-corrected chi connectivity index (χ4v) is 3.21. The fraction of sp³-hybridized carbons (Fsp3) is 0.185. The van der Waals surface area contributed by atoms with Crippen molar-refractivity contribution in [2.45, 2.75) is 32.4 Å². The minimum absolute atomic E-state index is 0.0362. The lowest BCUT2D eigenvalue weighted by molar-refractivity contribution is 0.338. The summed E-state index contributed by atoms with van der Waals surface area (Å²) < 4.78 is 28.9. The van der Waals surface area contributed by atoms with E-state index in [1.54, 1.807) is 30.3 Å². The van der Waals surface area contributed by atoms with Gasteiger partial charge in [-0.25, -0.2) is 8.78 Å². The first-order chi connectivity index (χ1) is 14.2. The van der Waals surface area contributed by atoms with Crippen molar-refractivity contribution in [3.8, 4) is 0 Å². The zero-order valence-electron chi connectivity index (χ0n) is 16.7. The van der Waals surface area contributed by atoms with Crippen LogP contribution in [0.1, 0.15) is 47.3 Å². The third-order valence-corrected chi connectivity index (χ3v) is 4.92. The van der Waals surface area contributed by atoms with Gasteiger partial charge in [0.05, 0.1) is 0 Å². The minimum Gasteiger partial charge on any atom is -0.242 e. The van der Waals surface area contributed by atoms with Gasteiger partial charge < -0.3 is 0 Å². The van der Waals surface area contributed by atoms with E-state index in [2.05, 4.69) is 36.4 Å². The van der Waals surface area contributed by atoms with Crippen molar-refractivity contribution in [3.63, 3.8) is 0 Å². The molecule has 0 nitrogen and oxygen atoms in total. The van der Waals surface area contributed by atoms with Gasteiger partial charge in [-0.05, 0) is 53.6 Å². The van der Waals surface area contributed by atoms with Crippen molar-refractivity contribution in [2.75, 3.05) is 0 Å². The first-order valence-corrected chi connectivity index (χ1v) is 10.0. The summed E-state index contributed by atoms with van der Waals surface area (Å²) in [5.41, 5.74) is 4.10. The summed E-state index contributed by atoms with van der Waals surface area (Å²) in [4.78, 5) is 0. The molecule has 0 N–H and O–H groups in total. The first-order valence-electron chi connectivity index (χ1n) is 10.0. The van der Waals surface area contributed by atoms with Gasteiger partial charge in [-0.2, -0.15) is 0 Å². The van der Waals surface area contributed by atoms with Gasteiger partial charge in [0.1, 0.15) is 12.0 Å². The average molecular weight is 389 g/mol. The molecule has 3 aromatic rings. The predicted molar refractivity (Wildman–Crippen MR) is 119 cm³/mol. The van der Waals surface area contributed by atoms with Crippen molar-refractivity contribution < 1.29 is 8.78 Å². The second kappa shape index (κ2) is 10.5. The molecule has 0 heterocycles. The number of benzene rings is 3. The monoisotopic (exact) mass is 388 g/mol. The maximum absolute atomic E-state index is 14.4. The Morgan fingerprint density at radius 2 is 1.55 bits per heavy atom. The smallest absolute Gasteiger partial charge is 0.129 e. The predicted octanol–water partition coefficient (Wildman–Crippen LogP) is 7.76. The van der Waals surface area contributed by atoms with Gasteiger partial charge >= 0.3 is 0 Å². The van der Waals surface area contributed by atoms with Crippen LogP contribution in [0.2, 0.25) is 0 Å². The third-order valence-electron chi connectivity index (χ3n) is 4.92. The van der Waals surface area contributed by atoms with Crippen molar-refractivity contribution in [1.82, 2.24) is 0 Å². The second-order valence-corrected chi connectivity index (χ2v) is 7.12. The Balaban J connectivity index is 1.62. The van der Waals surface area contributed by atoms with Gasteiger partial charge in [0, 0.05) is 6.42 Å². The molecule has 0 aliphatic heterocycles. The molecule has 2 heteroatoms. The summed E-state index contributed by atoms with van der Waals surface area (Å²) in [6.07, 6.45) is 8.97. The van der Waals surface area contributed by atoms with Crippen molar-refractivity contribution in [2.24, 2.45) is 0 Å². The molecule has 0 unspecified atom stereocenters. The highest BCUT2D eigenvalue weighted by atomic mass is 19.1. The average Bonchev–Trinajstić information content (AvgIpc) is 2.75. The summed E-state index contributed by atoms with van der Waals surface area (Å²) in [7, 11) is 0. The van der Waals surface area contributed by atoms with E-state index in [9.17, 15) is 8.78 Å². The van der Waals surface area contributed by atoms with E-state index in [0.29, 0.717) is 11.1 Å². The minimum atomic E-state index is -1.21. The Hall–Kier alpha value is -3.00. The van der Waals surface area contributed by atoms with E-state index in [1.165, 1.54) is 11.6 Å². The molecular weight excluding hydrogens is 362 g/mol. The SMILES string of the molecule is CC=CCCc1ccc(C=Cc2ccc(C[C@H](F)c3ccccc3)c(F)c2)cc1. The Morgan fingerprint density at radius 3 is 2.24 bits per heavy atom. The van der Waals surface area contributed by atoms with Crippen LogP contribution in [0.3, 0.4) is 0 Å². The summed E-state index contributed by atoms with van der Waals surface area (Å²) in [5.74, 6) is -0.370. The Kier molecular flexibility index (Phi) is 7.52. The summed E-state index contributed by atoms with van der Waals surface area (Å²) >= 11 is 0. The highest BCUT2D eigenvalue weighted by molar-refractivity contribution is 5.69. The molecule has 29 heavy (non-hydrogen) atoms. The Bertz CT molecular complexity index is 954. The van der Waals surface area contributed by atoms with E-state index in [0.717, 1.165) is 24.0 Å². The van der Waals surface area contributed by atoms with Crippen LogP contribution >= 0.6 is 0 Å². The molecule has 0 radical (unpaired) electrons. The van der Waals surface area contributed by atoms with Gasteiger partial charge in [0.2, 0.25) is 0 Å². The molecule has 0 amide bonds. The Labute approximate surface area is 172 Å². The van der Waals surface area contributed by atoms with Crippen LogP contribution in [0.25, 0.3) is 12.2 Å². The molecule has 0 spiro atoms. The molecule has 0 aliphatic carbocycles. The van der Waals surface area contributed by atoms with E-state index in [1.807, 2.05) is 31.2 Å². The number of hydrogen-bond donors (Lipinski definition) is 0. The van der Waals surface area contributed by atoms with Crippen molar-refractivity contribution >= 4 is 12.2 Å². The van der Waals surface area contributed by atoms with E-state index in [-0.39, 0.29) is 12.2 Å². The van der Waals surface area contributed by atoms with Crippen LogP contribution in [0.4, 0.5) is 8.78 Å². The lowest BCUT2D eigenvalue weighted by Gasteiger charge is -2.10. The summed E-state index contributed by atoms with van der Waals surface area (Å²) in [5, 5.41) is 0. The summed E-state index contributed by atoms with van der Waals surface area (Å²) in [6.45, 7) is 2.03. The molecule has 0 saturated heterocycles. The molecule has 0 aliphatic rings. The molecule has 0 aromatic heterocycles. The van der Waals surface area contributed by atoms with Crippen molar-refractivity contribution in [1.29, 1.82) is 0 Å². The molecule has 3 rings (SSSR count). The number of halogens is 2. The quantitative estimate of drug-likeness (QED) is 0.273. The van der Waals surface area contributed by atoms with Gasteiger partial charge in [0.25, 0.3) is 0 Å². The largest absolute Gasteiger partial charge is 0.242 e. The van der Waals surface area contributed by atoms with Crippen molar-refractivity contribution in [3.05, 3.63) is 119 Å². The lowest BCUT2D eigenvalue weighted by atomic mass is 10.0. The Morgan fingerprint density at radius 1 is 0.862 bits per heavy atom. The third kappa shape index (κ3) is 6.25. The molecule has 1 atom stereocenters. The zero-order chi connectivity index (χ0) is 20.5. The molecule has 0 saturated carbocycles. The standard InChI is InChI=1S/C27H26F2/c1-2-3-5-8-21-11-13-22(14-12-21)15-16-23-17-18-25(26(28)19-23)20-27(29)24-9-6-4-7-10-24/h2-4,6-7,9-19,27H,5,8,20H2,1H3/t27-/m0/s1. The zero-order valence-corrected chi connectivity index (χ0v) is 16.7.